The van der Waals surface area contributed by atoms with E-state index in [4.69, 9.17) is 0 Å². The summed E-state index contributed by atoms with van der Waals surface area (Å²) in [6.45, 7) is 0.823. The van der Waals surface area contributed by atoms with Crippen molar-refractivity contribution >= 4 is 54.4 Å². The molecular formula is C41H28N2. The van der Waals surface area contributed by atoms with Crippen LogP contribution in [0.2, 0.25) is 0 Å². The summed E-state index contributed by atoms with van der Waals surface area (Å²) in [5, 5.41) is 7.65. The van der Waals surface area contributed by atoms with Gasteiger partial charge in [-0.15, -0.1) is 0 Å². The lowest BCUT2D eigenvalue weighted by Gasteiger charge is -2.15. The van der Waals surface area contributed by atoms with Gasteiger partial charge in [0.15, 0.2) is 0 Å². The standard InChI is InChI=1S/C41H28N2/c1-3-13-28(14-4-1)27-42-37-21-11-9-19-33(37)35-24-23-30(26-39(35)42)40-32-18-8-7-15-29(32)25-36-34-20-10-12-22-38(34)43(41(36)40)31-16-5-2-6-17-31/h1-26H,27H2. The third kappa shape index (κ3) is 3.67. The molecule has 0 saturated carbocycles. The highest BCUT2D eigenvalue weighted by molar-refractivity contribution is 6.22. The second-order valence-electron chi connectivity index (χ2n) is 11.4. The number of fused-ring (bicyclic) bond motifs is 7. The Balaban J connectivity index is 1.42. The topological polar surface area (TPSA) is 9.86 Å². The molecule has 2 nitrogen and oxygen atoms in total. The molecule has 0 aliphatic carbocycles. The number of benzene rings is 7. The van der Waals surface area contributed by atoms with Gasteiger partial charge in [-0.2, -0.15) is 0 Å². The summed E-state index contributed by atoms with van der Waals surface area (Å²) in [7, 11) is 0. The Morgan fingerprint density at radius 3 is 1.81 bits per heavy atom. The minimum Gasteiger partial charge on any atom is -0.336 e. The van der Waals surface area contributed by atoms with E-state index in [0.717, 1.165) is 6.54 Å². The maximum Gasteiger partial charge on any atom is 0.0625 e. The molecule has 7 aromatic carbocycles. The maximum absolute atomic E-state index is 2.48. The molecule has 0 spiro atoms. The minimum absolute atomic E-state index is 0.823. The van der Waals surface area contributed by atoms with E-state index in [-0.39, 0.29) is 0 Å². The number of rotatable bonds is 4. The highest BCUT2D eigenvalue weighted by atomic mass is 15.0. The summed E-state index contributed by atoms with van der Waals surface area (Å²) in [6, 6.07) is 57.5. The van der Waals surface area contributed by atoms with Crippen molar-refractivity contribution in [3.05, 3.63) is 163 Å². The fourth-order valence-corrected chi connectivity index (χ4v) is 7.07. The monoisotopic (exact) mass is 548 g/mol. The van der Waals surface area contributed by atoms with Crippen molar-refractivity contribution in [2.24, 2.45) is 0 Å². The highest BCUT2D eigenvalue weighted by Gasteiger charge is 2.20. The number of para-hydroxylation sites is 3. The van der Waals surface area contributed by atoms with Crippen LogP contribution in [0.25, 0.3) is 71.2 Å². The van der Waals surface area contributed by atoms with Gasteiger partial charge in [0.25, 0.3) is 0 Å². The zero-order chi connectivity index (χ0) is 28.3. The minimum atomic E-state index is 0.823. The average Bonchev–Trinajstić information content (AvgIpc) is 3.56. The van der Waals surface area contributed by atoms with Crippen molar-refractivity contribution in [1.29, 1.82) is 0 Å². The van der Waals surface area contributed by atoms with Crippen molar-refractivity contribution in [3.63, 3.8) is 0 Å². The second-order valence-corrected chi connectivity index (χ2v) is 11.4. The van der Waals surface area contributed by atoms with Gasteiger partial charge < -0.3 is 9.13 Å². The van der Waals surface area contributed by atoms with Crippen LogP contribution in [-0.4, -0.2) is 9.13 Å². The Morgan fingerprint density at radius 2 is 1.02 bits per heavy atom. The van der Waals surface area contributed by atoms with Crippen LogP contribution < -0.4 is 0 Å². The molecule has 2 heteroatoms. The molecule has 0 aliphatic rings. The Morgan fingerprint density at radius 1 is 0.419 bits per heavy atom. The van der Waals surface area contributed by atoms with E-state index in [2.05, 4.69) is 167 Å². The number of hydrogen-bond acceptors (Lipinski definition) is 0. The molecule has 0 atom stereocenters. The Labute approximate surface area is 249 Å². The normalized spacial score (nSPS) is 11.8. The predicted octanol–water partition coefficient (Wildman–Crippen LogP) is 10.8. The molecular weight excluding hydrogens is 520 g/mol. The van der Waals surface area contributed by atoms with Gasteiger partial charge in [-0.3, -0.25) is 0 Å². The van der Waals surface area contributed by atoms with Crippen LogP contribution in [0.4, 0.5) is 0 Å². The zero-order valence-electron chi connectivity index (χ0n) is 23.6. The van der Waals surface area contributed by atoms with Crippen LogP contribution in [0.1, 0.15) is 5.56 Å². The van der Waals surface area contributed by atoms with Crippen LogP contribution in [-0.2, 0) is 6.54 Å². The molecule has 202 valence electrons. The molecule has 0 N–H and O–H groups in total. The molecule has 2 aromatic heterocycles. The second kappa shape index (κ2) is 9.47. The lowest BCUT2D eigenvalue weighted by atomic mass is 9.94. The van der Waals surface area contributed by atoms with Crippen molar-refractivity contribution < 1.29 is 0 Å². The van der Waals surface area contributed by atoms with Crippen molar-refractivity contribution in [2.75, 3.05) is 0 Å². The first-order valence-corrected chi connectivity index (χ1v) is 14.9. The van der Waals surface area contributed by atoms with Crippen LogP contribution in [0.5, 0.6) is 0 Å². The zero-order valence-corrected chi connectivity index (χ0v) is 23.6. The Bertz CT molecular complexity index is 2460. The fraction of sp³-hybridized carbons (Fsp3) is 0.0244. The first-order valence-electron chi connectivity index (χ1n) is 14.9. The van der Waals surface area contributed by atoms with Gasteiger partial charge in [0.1, 0.15) is 0 Å². The lowest BCUT2D eigenvalue weighted by Crippen LogP contribution is -1.99. The van der Waals surface area contributed by atoms with Gasteiger partial charge in [0, 0.05) is 44.9 Å². The third-order valence-electron chi connectivity index (χ3n) is 8.94. The van der Waals surface area contributed by atoms with E-state index in [1.54, 1.807) is 0 Å². The SMILES string of the molecule is c1ccc(Cn2c3ccccc3c3ccc(-c4c5ccccc5cc5c6ccccc6n(-c6ccccc6)c45)cc32)cc1. The van der Waals surface area contributed by atoms with Crippen LogP contribution in [0.3, 0.4) is 0 Å². The molecule has 0 bridgehead atoms. The van der Waals surface area contributed by atoms with Crippen LogP contribution in [0, 0.1) is 0 Å². The summed E-state index contributed by atoms with van der Waals surface area (Å²) in [4.78, 5) is 0. The van der Waals surface area contributed by atoms with Crippen molar-refractivity contribution in [1.82, 2.24) is 9.13 Å². The predicted molar refractivity (Wildman–Crippen MR) is 182 cm³/mol. The molecule has 9 aromatic rings. The third-order valence-corrected chi connectivity index (χ3v) is 8.94. The van der Waals surface area contributed by atoms with Gasteiger partial charge in [-0.05, 0) is 58.3 Å². The van der Waals surface area contributed by atoms with Gasteiger partial charge in [0.2, 0.25) is 0 Å². The molecule has 2 heterocycles. The summed E-state index contributed by atoms with van der Waals surface area (Å²) in [6.07, 6.45) is 0. The van der Waals surface area contributed by atoms with Crippen LogP contribution >= 0.6 is 0 Å². The van der Waals surface area contributed by atoms with Crippen molar-refractivity contribution in [2.45, 2.75) is 6.54 Å². The molecule has 0 fully saturated rings. The molecule has 43 heavy (non-hydrogen) atoms. The van der Waals surface area contributed by atoms with Gasteiger partial charge in [-0.25, -0.2) is 0 Å². The smallest absolute Gasteiger partial charge is 0.0625 e. The molecule has 0 aliphatic heterocycles. The molecule has 9 rings (SSSR count). The number of nitrogens with zero attached hydrogens (tertiary/aromatic N) is 2. The molecule has 0 amide bonds. The first kappa shape index (κ1) is 24.0. The van der Waals surface area contributed by atoms with Gasteiger partial charge in [0.05, 0.1) is 16.6 Å². The highest BCUT2D eigenvalue weighted by Crippen LogP contribution is 2.44. The lowest BCUT2D eigenvalue weighted by molar-refractivity contribution is 0.869. The number of hydrogen-bond donors (Lipinski definition) is 0. The van der Waals surface area contributed by atoms with E-state index in [1.807, 2.05) is 0 Å². The van der Waals surface area contributed by atoms with E-state index in [9.17, 15) is 0 Å². The fourth-order valence-electron chi connectivity index (χ4n) is 7.07. The van der Waals surface area contributed by atoms with E-state index in [1.165, 1.54) is 76.8 Å². The molecule has 0 saturated heterocycles. The quantitative estimate of drug-likeness (QED) is 0.207. The van der Waals surface area contributed by atoms with Gasteiger partial charge in [-0.1, -0.05) is 121 Å². The Kier molecular flexibility index (Phi) is 5.30. The summed E-state index contributed by atoms with van der Waals surface area (Å²) in [5.74, 6) is 0. The first-order chi connectivity index (χ1) is 21.3. The van der Waals surface area contributed by atoms with Crippen LogP contribution in [0.15, 0.2) is 158 Å². The average molecular weight is 549 g/mol. The molecule has 0 unspecified atom stereocenters. The van der Waals surface area contributed by atoms with Crippen molar-refractivity contribution in [3.8, 4) is 16.8 Å². The summed E-state index contributed by atoms with van der Waals surface area (Å²) in [5.41, 5.74) is 9.96. The largest absolute Gasteiger partial charge is 0.336 e. The van der Waals surface area contributed by atoms with Gasteiger partial charge >= 0.3 is 0 Å². The van der Waals surface area contributed by atoms with E-state index in [0.29, 0.717) is 0 Å². The molecule has 0 radical (unpaired) electrons. The maximum atomic E-state index is 2.48. The van der Waals surface area contributed by atoms with E-state index < -0.39 is 0 Å². The number of aromatic nitrogens is 2. The van der Waals surface area contributed by atoms with E-state index >= 15 is 0 Å². The summed E-state index contributed by atoms with van der Waals surface area (Å²) < 4.78 is 4.94. The Hall–Kier alpha value is -5.60. The summed E-state index contributed by atoms with van der Waals surface area (Å²) >= 11 is 0.